The van der Waals surface area contributed by atoms with Gasteiger partial charge in [0.1, 0.15) is 17.0 Å². The van der Waals surface area contributed by atoms with Crippen LogP contribution >= 0.6 is 0 Å². The average molecular weight is 354 g/mol. The first-order valence-corrected chi connectivity index (χ1v) is 8.54. The highest BCUT2D eigenvalue weighted by Crippen LogP contribution is 2.38. The molecule has 1 saturated carbocycles. The second-order valence-electron chi connectivity index (χ2n) is 6.79. The van der Waals surface area contributed by atoms with E-state index < -0.39 is 5.82 Å². The molecule has 0 unspecified atom stereocenters. The fourth-order valence-electron chi connectivity index (χ4n) is 3.43. The molecule has 7 heteroatoms. The lowest BCUT2D eigenvalue weighted by Crippen LogP contribution is -2.41. The standard InChI is InChI=1S/C19H19FN4O2/c1-24-10-13(9-21-24)17(12-7-14(25)8-12)23-19(26)16-6-5-11-3-2-4-15(20)18(11)22-16/h2-6,9-10,12,14,17,25H,7-8H2,1H3,(H,23,26)/t12?,14?,17-/m0/s1. The number of nitrogens with one attached hydrogen (secondary N) is 1. The van der Waals surface area contributed by atoms with Crippen LogP contribution in [0.4, 0.5) is 4.39 Å². The molecule has 134 valence electrons. The summed E-state index contributed by atoms with van der Waals surface area (Å²) in [5.74, 6) is -0.691. The minimum Gasteiger partial charge on any atom is -0.393 e. The van der Waals surface area contributed by atoms with Crippen LogP contribution in [0, 0.1) is 11.7 Å². The second kappa shape index (κ2) is 6.49. The van der Waals surface area contributed by atoms with Crippen LogP contribution in [0.1, 0.15) is 34.9 Å². The fourth-order valence-corrected chi connectivity index (χ4v) is 3.43. The lowest BCUT2D eigenvalue weighted by molar-refractivity contribution is 0.0234. The molecule has 2 heterocycles. The number of nitrogens with zero attached hydrogens (tertiary/aromatic N) is 3. The molecule has 6 nitrogen and oxygen atoms in total. The minimum absolute atomic E-state index is 0.135. The lowest BCUT2D eigenvalue weighted by atomic mass is 9.75. The summed E-state index contributed by atoms with van der Waals surface area (Å²) >= 11 is 0. The van der Waals surface area contributed by atoms with Gasteiger partial charge in [-0.05, 0) is 30.9 Å². The molecule has 1 aliphatic rings. The van der Waals surface area contributed by atoms with Gasteiger partial charge in [0.15, 0.2) is 0 Å². The zero-order valence-electron chi connectivity index (χ0n) is 14.3. The van der Waals surface area contributed by atoms with E-state index in [4.69, 9.17) is 0 Å². The minimum atomic E-state index is -0.455. The Hall–Kier alpha value is -2.80. The van der Waals surface area contributed by atoms with Crippen molar-refractivity contribution < 1.29 is 14.3 Å². The van der Waals surface area contributed by atoms with Crippen LogP contribution in [-0.4, -0.2) is 31.9 Å². The third-order valence-electron chi connectivity index (χ3n) is 4.90. The highest BCUT2D eigenvalue weighted by molar-refractivity contribution is 5.95. The zero-order chi connectivity index (χ0) is 18.3. The van der Waals surface area contributed by atoms with Crippen LogP contribution in [-0.2, 0) is 7.05 Å². The van der Waals surface area contributed by atoms with E-state index in [2.05, 4.69) is 15.4 Å². The summed E-state index contributed by atoms with van der Waals surface area (Å²) in [5.41, 5.74) is 1.22. The van der Waals surface area contributed by atoms with Crippen LogP contribution in [0.5, 0.6) is 0 Å². The van der Waals surface area contributed by atoms with E-state index in [1.54, 1.807) is 35.1 Å². The number of aryl methyl sites for hydroxylation is 1. The number of aliphatic hydroxyl groups is 1. The van der Waals surface area contributed by atoms with Crippen molar-refractivity contribution in [2.75, 3.05) is 0 Å². The van der Waals surface area contributed by atoms with E-state index in [9.17, 15) is 14.3 Å². The molecule has 0 spiro atoms. The summed E-state index contributed by atoms with van der Waals surface area (Å²) in [7, 11) is 1.81. The first kappa shape index (κ1) is 16.7. The number of rotatable bonds is 4. The van der Waals surface area contributed by atoms with E-state index in [0.29, 0.717) is 18.2 Å². The maximum absolute atomic E-state index is 14.0. The molecule has 0 aliphatic heterocycles. The largest absolute Gasteiger partial charge is 0.393 e. The molecular formula is C19H19FN4O2. The number of fused-ring (bicyclic) bond motifs is 1. The Morgan fingerprint density at radius 3 is 2.85 bits per heavy atom. The van der Waals surface area contributed by atoms with Gasteiger partial charge in [-0.3, -0.25) is 9.48 Å². The van der Waals surface area contributed by atoms with Gasteiger partial charge in [0.2, 0.25) is 0 Å². The van der Waals surface area contributed by atoms with E-state index in [0.717, 1.165) is 5.56 Å². The number of halogens is 1. The summed E-state index contributed by atoms with van der Waals surface area (Å²) < 4.78 is 15.6. The highest BCUT2D eigenvalue weighted by atomic mass is 19.1. The van der Waals surface area contributed by atoms with Crippen molar-refractivity contribution in [1.82, 2.24) is 20.1 Å². The molecule has 0 saturated heterocycles. The monoisotopic (exact) mass is 354 g/mol. The van der Waals surface area contributed by atoms with Crippen molar-refractivity contribution in [3.05, 3.63) is 59.8 Å². The Labute approximate surface area is 149 Å². The lowest BCUT2D eigenvalue weighted by Gasteiger charge is -2.37. The van der Waals surface area contributed by atoms with Crippen molar-refractivity contribution in [3.8, 4) is 0 Å². The molecule has 4 rings (SSSR count). The average Bonchev–Trinajstić information content (AvgIpc) is 3.03. The van der Waals surface area contributed by atoms with Gasteiger partial charge in [0, 0.05) is 24.2 Å². The fraction of sp³-hybridized carbons (Fsp3) is 0.316. The van der Waals surface area contributed by atoms with Gasteiger partial charge in [-0.25, -0.2) is 9.37 Å². The maximum Gasteiger partial charge on any atom is 0.270 e. The number of aliphatic hydroxyl groups excluding tert-OH is 1. The SMILES string of the molecule is Cn1cc([C@@H](NC(=O)c2ccc3cccc(F)c3n2)C2CC(O)C2)cn1. The van der Waals surface area contributed by atoms with Crippen molar-refractivity contribution in [1.29, 1.82) is 0 Å². The topological polar surface area (TPSA) is 80.0 Å². The number of pyridine rings is 1. The Bertz CT molecular complexity index is 965. The zero-order valence-corrected chi connectivity index (χ0v) is 14.3. The summed E-state index contributed by atoms with van der Waals surface area (Å²) in [5, 5.41) is 17.4. The van der Waals surface area contributed by atoms with Gasteiger partial charge in [-0.1, -0.05) is 18.2 Å². The Morgan fingerprint density at radius 2 is 2.15 bits per heavy atom. The number of aromatic nitrogens is 3. The number of amides is 1. The molecule has 0 radical (unpaired) electrons. The van der Waals surface area contributed by atoms with Gasteiger partial charge < -0.3 is 10.4 Å². The van der Waals surface area contributed by atoms with Gasteiger partial charge in [0.05, 0.1) is 18.3 Å². The van der Waals surface area contributed by atoms with Crippen molar-refractivity contribution in [2.24, 2.45) is 13.0 Å². The summed E-state index contributed by atoms with van der Waals surface area (Å²) in [4.78, 5) is 16.9. The number of carbonyl (C=O) groups is 1. The third kappa shape index (κ3) is 3.06. The smallest absolute Gasteiger partial charge is 0.270 e. The van der Waals surface area contributed by atoms with Crippen LogP contribution in [0.2, 0.25) is 0 Å². The highest BCUT2D eigenvalue weighted by Gasteiger charge is 2.36. The Balaban J connectivity index is 1.61. The van der Waals surface area contributed by atoms with E-state index in [-0.39, 0.29) is 35.2 Å². The van der Waals surface area contributed by atoms with Gasteiger partial charge in [-0.2, -0.15) is 5.10 Å². The summed E-state index contributed by atoms with van der Waals surface area (Å²) in [6, 6.07) is 7.70. The van der Waals surface area contributed by atoms with Crippen molar-refractivity contribution >= 4 is 16.8 Å². The first-order valence-electron chi connectivity index (χ1n) is 8.54. The molecule has 3 aromatic rings. The molecule has 1 aromatic carbocycles. The second-order valence-corrected chi connectivity index (χ2v) is 6.79. The van der Waals surface area contributed by atoms with Crippen LogP contribution in [0.25, 0.3) is 10.9 Å². The van der Waals surface area contributed by atoms with Crippen molar-refractivity contribution in [2.45, 2.75) is 25.0 Å². The van der Waals surface area contributed by atoms with Crippen LogP contribution in [0.15, 0.2) is 42.7 Å². The molecule has 0 bridgehead atoms. The molecule has 1 atom stereocenters. The number of hydrogen-bond donors (Lipinski definition) is 2. The van der Waals surface area contributed by atoms with E-state index >= 15 is 0 Å². The predicted molar refractivity (Wildman–Crippen MR) is 93.8 cm³/mol. The molecule has 2 N–H and O–H groups in total. The molecule has 1 aliphatic carbocycles. The van der Waals surface area contributed by atoms with Crippen LogP contribution in [0.3, 0.4) is 0 Å². The predicted octanol–water partition coefficient (Wildman–Crippen LogP) is 2.35. The molecule has 2 aromatic heterocycles. The quantitative estimate of drug-likeness (QED) is 0.754. The number of para-hydroxylation sites is 1. The van der Waals surface area contributed by atoms with Crippen LogP contribution < -0.4 is 5.32 Å². The molecule has 26 heavy (non-hydrogen) atoms. The first-order chi connectivity index (χ1) is 12.5. The Morgan fingerprint density at radius 1 is 1.35 bits per heavy atom. The normalized spacial score (nSPS) is 20.6. The molecule has 1 amide bonds. The number of carbonyl (C=O) groups excluding carboxylic acids is 1. The molecule has 1 fully saturated rings. The van der Waals surface area contributed by atoms with Gasteiger partial charge in [0.25, 0.3) is 5.91 Å². The number of benzene rings is 1. The summed E-state index contributed by atoms with van der Waals surface area (Å²) in [6.07, 6.45) is 4.48. The Kier molecular flexibility index (Phi) is 4.16. The van der Waals surface area contributed by atoms with Crippen molar-refractivity contribution in [3.63, 3.8) is 0 Å². The van der Waals surface area contributed by atoms with E-state index in [1.807, 2.05) is 13.2 Å². The maximum atomic E-state index is 14.0. The van der Waals surface area contributed by atoms with Gasteiger partial charge in [-0.15, -0.1) is 0 Å². The van der Waals surface area contributed by atoms with Gasteiger partial charge >= 0.3 is 0 Å². The summed E-state index contributed by atoms with van der Waals surface area (Å²) in [6.45, 7) is 0. The van der Waals surface area contributed by atoms with E-state index in [1.165, 1.54) is 6.07 Å². The third-order valence-corrected chi connectivity index (χ3v) is 4.90. The molecular weight excluding hydrogens is 335 g/mol. The number of hydrogen-bond acceptors (Lipinski definition) is 4.